The Hall–Kier alpha value is -4.80. The van der Waals surface area contributed by atoms with Crippen LogP contribution in [0.15, 0.2) is 54.0 Å². The third kappa shape index (κ3) is 5.80. The number of aromatic nitrogens is 2. The molecule has 1 fully saturated rings. The van der Waals surface area contributed by atoms with Gasteiger partial charge in [0.2, 0.25) is 5.91 Å². The van der Waals surface area contributed by atoms with Gasteiger partial charge in [-0.2, -0.15) is 0 Å². The number of benzene rings is 2. The average Bonchev–Trinajstić information content (AvgIpc) is 3.05. The van der Waals surface area contributed by atoms with Crippen molar-refractivity contribution < 1.29 is 23.1 Å². The largest absolute Gasteiger partial charge is 0.507 e. The van der Waals surface area contributed by atoms with E-state index >= 15 is 18.0 Å². The number of carbonyl (C=O) groups is 1. The van der Waals surface area contributed by atoms with Gasteiger partial charge in [-0.3, -0.25) is 19.1 Å². The lowest BCUT2D eigenvalue weighted by atomic mass is 9.94. The highest BCUT2D eigenvalue weighted by atomic mass is 19.1. The lowest BCUT2D eigenvalue weighted by molar-refractivity contribution is -0.127. The second kappa shape index (κ2) is 13.5. The highest BCUT2D eigenvalue weighted by Crippen LogP contribution is 2.47. The summed E-state index contributed by atoms with van der Waals surface area (Å²) in [5, 5.41) is 10.8. The van der Waals surface area contributed by atoms with Crippen LogP contribution in [0.4, 0.5) is 24.5 Å². The summed E-state index contributed by atoms with van der Waals surface area (Å²) in [4.78, 5) is 38.5. The molecular formula is C39H44F3N5O3. The van der Waals surface area contributed by atoms with Crippen molar-refractivity contribution in [2.75, 3.05) is 36.0 Å². The lowest BCUT2D eigenvalue weighted by Gasteiger charge is -2.52. The maximum absolute atomic E-state index is 17.5. The molecule has 2 atom stereocenters. The number of aryl methyl sites for hydroxylation is 1. The molecule has 4 aromatic rings. The molecule has 50 heavy (non-hydrogen) atoms. The summed E-state index contributed by atoms with van der Waals surface area (Å²) in [5.74, 6) is -3.89. The third-order valence-corrected chi connectivity index (χ3v) is 9.95. The molecule has 2 aromatic carbocycles. The molecule has 0 bridgehead atoms. The molecule has 1 amide bonds. The van der Waals surface area contributed by atoms with Gasteiger partial charge < -0.3 is 19.8 Å². The molecule has 2 aliphatic heterocycles. The van der Waals surface area contributed by atoms with Gasteiger partial charge in [0, 0.05) is 43.8 Å². The van der Waals surface area contributed by atoms with Gasteiger partial charge in [0.25, 0.3) is 5.56 Å². The second-order valence-corrected chi connectivity index (χ2v) is 14.3. The minimum absolute atomic E-state index is 0.126. The van der Waals surface area contributed by atoms with Gasteiger partial charge >= 0.3 is 0 Å². The fraction of sp³-hybridized carbons (Fsp3) is 0.410. The summed E-state index contributed by atoms with van der Waals surface area (Å²) in [6, 6.07) is 5.68. The maximum Gasteiger partial charge on any atom is 0.281 e. The van der Waals surface area contributed by atoms with Crippen molar-refractivity contribution in [1.29, 1.82) is 0 Å². The first kappa shape index (κ1) is 35.0. The number of fused-ring (bicyclic) bond motifs is 5. The molecule has 1 N–H and O–H groups in total. The molecule has 2 unspecified atom stereocenters. The average molecular weight is 688 g/mol. The van der Waals surface area contributed by atoms with Crippen molar-refractivity contribution in [2.45, 2.75) is 72.4 Å². The van der Waals surface area contributed by atoms with E-state index in [9.17, 15) is 9.90 Å². The molecule has 0 aliphatic carbocycles. The van der Waals surface area contributed by atoms with E-state index in [0.29, 0.717) is 60.4 Å². The van der Waals surface area contributed by atoms with Crippen LogP contribution in [-0.4, -0.2) is 63.7 Å². The minimum atomic E-state index is -1.18. The van der Waals surface area contributed by atoms with Gasteiger partial charge in [0.05, 0.1) is 39.8 Å². The van der Waals surface area contributed by atoms with Crippen LogP contribution in [0.2, 0.25) is 0 Å². The number of hydrogen-bond acceptors (Lipinski definition) is 6. The number of rotatable bonds is 8. The molecule has 4 heterocycles. The number of phenols is 1. The first-order valence-electron chi connectivity index (χ1n) is 17.3. The van der Waals surface area contributed by atoms with Crippen molar-refractivity contribution in [3.05, 3.63) is 88.2 Å². The van der Waals surface area contributed by atoms with Gasteiger partial charge in [0.15, 0.2) is 5.82 Å². The van der Waals surface area contributed by atoms with E-state index in [1.807, 2.05) is 30.6 Å². The normalized spacial score (nSPS) is 17.5. The zero-order valence-electron chi connectivity index (χ0n) is 29.4. The fourth-order valence-corrected chi connectivity index (χ4v) is 7.76. The first-order chi connectivity index (χ1) is 23.8. The summed E-state index contributed by atoms with van der Waals surface area (Å²) in [6.45, 7) is 17.0. The van der Waals surface area contributed by atoms with Crippen molar-refractivity contribution in [1.82, 2.24) is 14.5 Å². The molecule has 2 aromatic heterocycles. The molecule has 2 aliphatic rings. The van der Waals surface area contributed by atoms with Crippen LogP contribution in [-0.2, 0) is 4.79 Å². The predicted molar refractivity (Wildman–Crippen MR) is 192 cm³/mol. The molecule has 264 valence electrons. The van der Waals surface area contributed by atoms with Gasteiger partial charge in [0.1, 0.15) is 23.1 Å². The molecule has 8 nitrogen and oxygen atoms in total. The Labute approximate surface area is 290 Å². The van der Waals surface area contributed by atoms with Crippen molar-refractivity contribution in [3.8, 4) is 22.6 Å². The van der Waals surface area contributed by atoms with Gasteiger partial charge in [-0.05, 0) is 74.4 Å². The van der Waals surface area contributed by atoms with E-state index in [-0.39, 0.29) is 34.8 Å². The number of anilines is 2. The molecule has 6 rings (SSSR count). The zero-order chi connectivity index (χ0) is 36.2. The Morgan fingerprint density at radius 3 is 2.44 bits per heavy atom. The minimum Gasteiger partial charge on any atom is -0.507 e. The topological polar surface area (TPSA) is 81.9 Å². The Kier molecular flexibility index (Phi) is 9.45. The standard InChI is InChI=1S/C39H44F3N5O3/c1-8-30(49)45-18-24(7)46-25(20-45)19-44(16-10-11-21(2)3)38-37(46)26-17-28(41)32(31-27(40)12-9-13-29(31)48)33(42)36(26)47(39(38)50)35-23(6)14-15-43-34(35)22(4)5/h8-9,12-15,17,21-22,24-25,48H,1,10-11,16,18-20H2,2-7H3. The first-order valence-corrected chi connectivity index (χ1v) is 17.3. The van der Waals surface area contributed by atoms with Crippen LogP contribution in [0.3, 0.4) is 0 Å². The van der Waals surface area contributed by atoms with E-state index in [1.165, 1.54) is 16.7 Å². The van der Waals surface area contributed by atoms with E-state index in [2.05, 4.69) is 25.4 Å². The lowest BCUT2D eigenvalue weighted by Crippen LogP contribution is -2.65. The number of phenolic OH excluding ortho intramolecular Hbond substituents is 1. The fourth-order valence-electron chi connectivity index (χ4n) is 7.76. The number of piperazine rings is 1. The van der Waals surface area contributed by atoms with E-state index in [4.69, 9.17) is 0 Å². The summed E-state index contributed by atoms with van der Waals surface area (Å²) >= 11 is 0. The van der Waals surface area contributed by atoms with E-state index in [0.717, 1.165) is 31.0 Å². The zero-order valence-corrected chi connectivity index (χ0v) is 29.4. The van der Waals surface area contributed by atoms with Crippen LogP contribution in [0, 0.1) is 30.3 Å². The molecule has 0 radical (unpaired) electrons. The number of halogens is 3. The summed E-state index contributed by atoms with van der Waals surface area (Å²) in [7, 11) is 0. The van der Waals surface area contributed by atoms with Crippen LogP contribution < -0.4 is 15.4 Å². The molecule has 11 heteroatoms. The van der Waals surface area contributed by atoms with Crippen molar-refractivity contribution >= 4 is 28.2 Å². The van der Waals surface area contributed by atoms with Crippen LogP contribution >= 0.6 is 0 Å². The highest BCUT2D eigenvalue weighted by molar-refractivity contribution is 6.03. The van der Waals surface area contributed by atoms with Crippen LogP contribution in [0.25, 0.3) is 27.7 Å². The number of carbonyl (C=O) groups excluding carboxylic acids is 1. The number of nitrogens with zero attached hydrogens (tertiary/aromatic N) is 5. The molecule has 0 saturated carbocycles. The summed E-state index contributed by atoms with van der Waals surface area (Å²) in [6.07, 6.45) is 4.58. The van der Waals surface area contributed by atoms with Crippen LogP contribution in [0.5, 0.6) is 5.75 Å². The Morgan fingerprint density at radius 2 is 1.78 bits per heavy atom. The molecule has 1 saturated heterocycles. The summed E-state index contributed by atoms with van der Waals surface area (Å²) in [5.41, 5.74) is 0.0724. The monoisotopic (exact) mass is 687 g/mol. The highest BCUT2D eigenvalue weighted by Gasteiger charge is 2.43. The Balaban J connectivity index is 1.77. The number of pyridine rings is 2. The van der Waals surface area contributed by atoms with E-state index in [1.54, 1.807) is 24.1 Å². The van der Waals surface area contributed by atoms with Crippen molar-refractivity contribution in [3.63, 3.8) is 0 Å². The van der Waals surface area contributed by atoms with Gasteiger partial charge in [-0.15, -0.1) is 0 Å². The predicted octanol–water partition coefficient (Wildman–Crippen LogP) is 7.46. The van der Waals surface area contributed by atoms with Crippen LogP contribution in [0.1, 0.15) is 64.6 Å². The maximum atomic E-state index is 17.5. The van der Waals surface area contributed by atoms with Gasteiger partial charge in [-0.1, -0.05) is 40.3 Å². The Bertz CT molecular complexity index is 2040. The van der Waals surface area contributed by atoms with Gasteiger partial charge in [-0.25, -0.2) is 13.2 Å². The quantitative estimate of drug-likeness (QED) is 0.194. The molecule has 0 spiro atoms. The number of amides is 1. The third-order valence-electron chi connectivity index (χ3n) is 9.95. The summed E-state index contributed by atoms with van der Waals surface area (Å²) < 4.78 is 50.6. The molecular weight excluding hydrogens is 643 g/mol. The smallest absolute Gasteiger partial charge is 0.281 e. The van der Waals surface area contributed by atoms with Crippen molar-refractivity contribution in [2.24, 2.45) is 5.92 Å². The van der Waals surface area contributed by atoms with E-state index < -0.39 is 39.9 Å². The number of hydrogen-bond donors (Lipinski definition) is 1. The SMILES string of the molecule is C=CC(=O)N1CC(C)N2c3c(c(=O)n(-c4c(C)ccnc4C(C)C)c4c(F)c(-c5c(O)cccc5F)c(F)cc34)N(CCCC(C)C)CC2C1. The Morgan fingerprint density at radius 1 is 1.04 bits per heavy atom. The second-order valence-electron chi connectivity index (χ2n) is 14.3. The number of aromatic hydroxyl groups is 1.